The highest BCUT2D eigenvalue weighted by atomic mass is 16.4. The van der Waals surface area contributed by atoms with E-state index >= 15 is 0 Å². The molecule has 0 rings (SSSR count). The molecule has 0 aliphatic carbocycles. The number of carbonyl (C=O) groups is 3. The molecule has 92 valence electrons. The molecule has 6 nitrogen and oxygen atoms in total. The van der Waals surface area contributed by atoms with Crippen LogP contribution in [-0.4, -0.2) is 35.0 Å². The van der Waals surface area contributed by atoms with Gasteiger partial charge >= 0.3 is 5.97 Å². The first-order valence-electron chi connectivity index (χ1n) is 5.22. The van der Waals surface area contributed by atoms with Crippen LogP contribution in [0.15, 0.2) is 0 Å². The van der Waals surface area contributed by atoms with Gasteiger partial charge in [0.15, 0.2) is 0 Å². The molecule has 2 unspecified atom stereocenters. The number of carbonyl (C=O) groups excluding carboxylic acids is 2. The van der Waals surface area contributed by atoms with Crippen molar-refractivity contribution in [3.8, 4) is 0 Å². The molecule has 0 radical (unpaired) electrons. The summed E-state index contributed by atoms with van der Waals surface area (Å²) in [6.07, 6.45) is 0.721. The molecular formula is C10H18N2O4. The average molecular weight is 230 g/mol. The predicted octanol–water partition coefficient (Wildman–Crippen LogP) is -0.119. The second-order valence-corrected chi connectivity index (χ2v) is 3.47. The number of rotatable bonds is 6. The standard InChI is InChI=1S/C10H18N2O4/c1-4-7(11-6(3)13)9(14)12-8(5-2)10(15)16/h7-8H,4-5H2,1-3H3,(H,11,13)(H,12,14)(H,15,16). The normalized spacial score (nSPS) is 13.7. The molecule has 16 heavy (non-hydrogen) atoms. The maximum atomic E-state index is 11.6. The van der Waals surface area contributed by atoms with Crippen molar-refractivity contribution in [1.29, 1.82) is 0 Å². The van der Waals surface area contributed by atoms with E-state index < -0.39 is 24.0 Å². The third-order valence-electron chi connectivity index (χ3n) is 2.13. The van der Waals surface area contributed by atoms with Crippen molar-refractivity contribution in [1.82, 2.24) is 10.6 Å². The minimum atomic E-state index is -1.08. The molecular weight excluding hydrogens is 212 g/mol. The number of aliphatic carboxylic acids is 1. The minimum Gasteiger partial charge on any atom is -0.480 e. The third-order valence-corrected chi connectivity index (χ3v) is 2.13. The Morgan fingerprint density at radius 2 is 1.56 bits per heavy atom. The Kier molecular flexibility index (Phi) is 6.14. The number of nitrogens with one attached hydrogen (secondary N) is 2. The molecule has 0 bridgehead atoms. The van der Waals surface area contributed by atoms with Crippen LogP contribution in [0.4, 0.5) is 0 Å². The summed E-state index contributed by atoms with van der Waals surface area (Å²) >= 11 is 0. The Hall–Kier alpha value is -1.59. The summed E-state index contributed by atoms with van der Waals surface area (Å²) in [4.78, 5) is 33.1. The quantitative estimate of drug-likeness (QED) is 0.592. The van der Waals surface area contributed by atoms with Crippen molar-refractivity contribution >= 4 is 17.8 Å². The van der Waals surface area contributed by atoms with Gasteiger partial charge in [0.1, 0.15) is 12.1 Å². The van der Waals surface area contributed by atoms with Crippen molar-refractivity contribution in [2.75, 3.05) is 0 Å². The van der Waals surface area contributed by atoms with Gasteiger partial charge in [-0.2, -0.15) is 0 Å². The smallest absolute Gasteiger partial charge is 0.326 e. The zero-order valence-electron chi connectivity index (χ0n) is 9.74. The molecule has 0 saturated heterocycles. The van der Waals surface area contributed by atoms with Crippen LogP contribution in [0.5, 0.6) is 0 Å². The number of hydrogen-bond donors (Lipinski definition) is 3. The highest BCUT2D eigenvalue weighted by Gasteiger charge is 2.23. The third kappa shape index (κ3) is 4.77. The second kappa shape index (κ2) is 6.81. The van der Waals surface area contributed by atoms with Gasteiger partial charge in [0.25, 0.3) is 0 Å². The molecule has 0 aliphatic rings. The molecule has 0 aliphatic heterocycles. The summed E-state index contributed by atoms with van der Waals surface area (Å²) < 4.78 is 0. The van der Waals surface area contributed by atoms with Gasteiger partial charge in [0.05, 0.1) is 0 Å². The van der Waals surface area contributed by atoms with Gasteiger partial charge in [0.2, 0.25) is 11.8 Å². The number of carboxylic acid groups (broad SMARTS) is 1. The van der Waals surface area contributed by atoms with Gasteiger partial charge in [-0.15, -0.1) is 0 Å². The lowest BCUT2D eigenvalue weighted by Crippen LogP contribution is -2.50. The molecule has 0 saturated carbocycles. The molecule has 3 N–H and O–H groups in total. The Bertz CT molecular complexity index is 278. The maximum Gasteiger partial charge on any atom is 0.326 e. The largest absolute Gasteiger partial charge is 0.480 e. The van der Waals surface area contributed by atoms with Crippen molar-refractivity contribution in [3.63, 3.8) is 0 Å². The van der Waals surface area contributed by atoms with Gasteiger partial charge < -0.3 is 15.7 Å². The number of carboxylic acids is 1. The lowest BCUT2D eigenvalue weighted by atomic mass is 10.1. The summed E-state index contributed by atoms with van der Waals surface area (Å²) in [5, 5.41) is 13.6. The van der Waals surface area contributed by atoms with E-state index in [0.717, 1.165) is 0 Å². The summed E-state index contributed by atoms with van der Waals surface area (Å²) in [7, 11) is 0. The van der Waals surface area contributed by atoms with Crippen LogP contribution in [0.3, 0.4) is 0 Å². The molecule has 6 heteroatoms. The van der Waals surface area contributed by atoms with Crippen LogP contribution >= 0.6 is 0 Å². The van der Waals surface area contributed by atoms with Gasteiger partial charge in [-0.3, -0.25) is 9.59 Å². The van der Waals surface area contributed by atoms with Crippen LogP contribution in [0, 0.1) is 0 Å². The number of hydrogen-bond acceptors (Lipinski definition) is 3. The molecule has 0 spiro atoms. The molecule has 0 fully saturated rings. The summed E-state index contributed by atoms with van der Waals surface area (Å²) in [6, 6.07) is -1.58. The lowest BCUT2D eigenvalue weighted by molar-refractivity contribution is -0.142. The fourth-order valence-electron chi connectivity index (χ4n) is 1.21. The molecule has 2 atom stereocenters. The summed E-state index contributed by atoms with van der Waals surface area (Å²) in [5.41, 5.74) is 0. The van der Waals surface area contributed by atoms with E-state index in [2.05, 4.69) is 10.6 Å². The van der Waals surface area contributed by atoms with E-state index in [4.69, 9.17) is 5.11 Å². The average Bonchev–Trinajstić information content (AvgIpc) is 2.21. The van der Waals surface area contributed by atoms with Gasteiger partial charge in [-0.05, 0) is 12.8 Å². The van der Waals surface area contributed by atoms with Gasteiger partial charge in [-0.1, -0.05) is 13.8 Å². The monoisotopic (exact) mass is 230 g/mol. The molecule has 0 aromatic heterocycles. The van der Waals surface area contributed by atoms with Crippen LogP contribution in [0.25, 0.3) is 0 Å². The predicted molar refractivity (Wildman–Crippen MR) is 57.8 cm³/mol. The van der Waals surface area contributed by atoms with Crippen LogP contribution in [0.2, 0.25) is 0 Å². The molecule has 0 heterocycles. The first-order chi connectivity index (χ1) is 7.42. The van der Waals surface area contributed by atoms with Crippen LogP contribution < -0.4 is 10.6 Å². The van der Waals surface area contributed by atoms with Crippen molar-refractivity contribution in [2.45, 2.75) is 45.7 Å². The molecule has 0 aromatic carbocycles. The maximum absolute atomic E-state index is 11.6. The van der Waals surface area contributed by atoms with E-state index in [9.17, 15) is 14.4 Å². The highest BCUT2D eigenvalue weighted by molar-refractivity contribution is 5.89. The number of amides is 2. The summed E-state index contributed by atoms with van der Waals surface area (Å²) in [6.45, 7) is 4.71. The fourth-order valence-corrected chi connectivity index (χ4v) is 1.21. The van der Waals surface area contributed by atoms with Crippen molar-refractivity contribution in [3.05, 3.63) is 0 Å². The van der Waals surface area contributed by atoms with Crippen molar-refractivity contribution < 1.29 is 19.5 Å². The van der Waals surface area contributed by atoms with E-state index in [0.29, 0.717) is 12.8 Å². The minimum absolute atomic E-state index is 0.303. The molecule has 2 amide bonds. The van der Waals surface area contributed by atoms with Crippen LogP contribution in [-0.2, 0) is 14.4 Å². The lowest BCUT2D eigenvalue weighted by Gasteiger charge is -2.18. The van der Waals surface area contributed by atoms with Gasteiger partial charge in [0, 0.05) is 6.92 Å². The zero-order chi connectivity index (χ0) is 12.7. The Labute approximate surface area is 94.4 Å². The van der Waals surface area contributed by atoms with E-state index in [1.165, 1.54) is 6.92 Å². The Balaban J connectivity index is 4.40. The van der Waals surface area contributed by atoms with E-state index in [1.807, 2.05) is 0 Å². The fraction of sp³-hybridized carbons (Fsp3) is 0.700. The summed E-state index contributed by atoms with van der Waals surface area (Å²) in [5.74, 6) is -1.86. The highest BCUT2D eigenvalue weighted by Crippen LogP contribution is 1.96. The van der Waals surface area contributed by atoms with E-state index in [1.54, 1.807) is 13.8 Å². The van der Waals surface area contributed by atoms with E-state index in [-0.39, 0.29) is 5.91 Å². The Morgan fingerprint density at radius 3 is 1.88 bits per heavy atom. The Morgan fingerprint density at radius 1 is 1.06 bits per heavy atom. The SMILES string of the molecule is CCC(NC(=O)C(CC)NC(C)=O)C(=O)O. The van der Waals surface area contributed by atoms with Crippen molar-refractivity contribution in [2.24, 2.45) is 0 Å². The first kappa shape index (κ1) is 14.4. The zero-order valence-corrected chi connectivity index (χ0v) is 9.74. The topological polar surface area (TPSA) is 95.5 Å². The first-order valence-corrected chi connectivity index (χ1v) is 5.22. The van der Waals surface area contributed by atoms with Crippen LogP contribution in [0.1, 0.15) is 33.6 Å². The second-order valence-electron chi connectivity index (χ2n) is 3.47. The molecule has 0 aromatic rings. The van der Waals surface area contributed by atoms with Gasteiger partial charge in [-0.25, -0.2) is 4.79 Å².